The maximum atomic E-state index is 8.74. The fourth-order valence-corrected chi connectivity index (χ4v) is 1.32. The monoisotopic (exact) mass is 216 g/mol. The van der Waals surface area contributed by atoms with E-state index < -0.39 is 0 Å². The van der Waals surface area contributed by atoms with Crippen molar-refractivity contribution in [2.75, 3.05) is 6.61 Å². The summed E-state index contributed by atoms with van der Waals surface area (Å²) in [6.45, 7) is -0.0652. The van der Waals surface area contributed by atoms with E-state index in [1.54, 1.807) is 12.3 Å². The lowest BCUT2D eigenvalue weighted by Gasteiger charge is -2.08. The van der Waals surface area contributed by atoms with Crippen molar-refractivity contribution < 1.29 is 5.11 Å². The minimum Gasteiger partial charge on any atom is -0.394 e. The summed E-state index contributed by atoms with van der Waals surface area (Å²) in [5.74, 6) is 0. The van der Waals surface area contributed by atoms with E-state index in [0.717, 1.165) is 5.56 Å². The van der Waals surface area contributed by atoms with Crippen LogP contribution in [0.1, 0.15) is 11.6 Å². The highest BCUT2D eigenvalue weighted by molar-refractivity contribution is 9.10. The van der Waals surface area contributed by atoms with E-state index in [1.165, 1.54) is 0 Å². The van der Waals surface area contributed by atoms with Crippen LogP contribution < -0.4 is 5.73 Å². The summed E-state index contributed by atoms with van der Waals surface area (Å²) in [5, 5.41) is 8.74. The molecule has 0 amide bonds. The van der Waals surface area contributed by atoms with Gasteiger partial charge in [0.25, 0.3) is 0 Å². The van der Waals surface area contributed by atoms with Gasteiger partial charge in [-0.05, 0) is 22.0 Å². The minimum atomic E-state index is -0.349. The van der Waals surface area contributed by atoms with Gasteiger partial charge in [0.2, 0.25) is 0 Å². The topological polar surface area (TPSA) is 59.1 Å². The van der Waals surface area contributed by atoms with Crippen LogP contribution in [0.25, 0.3) is 0 Å². The molecule has 0 aromatic carbocycles. The molecule has 0 radical (unpaired) electrons. The Balaban J connectivity index is 2.93. The first-order valence-corrected chi connectivity index (χ1v) is 4.02. The average Bonchev–Trinajstić information content (AvgIpc) is 2.04. The quantitative estimate of drug-likeness (QED) is 0.721. The van der Waals surface area contributed by atoms with Crippen LogP contribution in [-0.2, 0) is 0 Å². The zero-order valence-electron chi connectivity index (χ0n) is 5.87. The highest BCUT2D eigenvalue weighted by Gasteiger charge is 2.07. The van der Waals surface area contributed by atoms with Crippen LogP contribution in [0.3, 0.4) is 0 Å². The molecule has 0 saturated heterocycles. The molecule has 1 rings (SSSR count). The van der Waals surface area contributed by atoms with Crippen molar-refractivity contribution in [1.82, 2.24) is 4.98 Å². The zero-order chi connectivity index (χ0) is 8.27. The fourth-order valence-electron chi connectivity index (χ4n) is 0.773. The normalized spacial score (nSPS) is 13.0. The molecule has 0 unspecified atom stereocenters. The van der Waals surface area contributed by atoms with Crippen LogP contribution in [0.5, 0.6) is 0 Å². The lowest BCUT2D eigenvalue weighted by atomic mass is 10.1. The Labute approximate surface area is 73.4 Å². The molecule has 11 heavy (non-hydrogen) atoms. The first kappa shape index (κ1) is 8.64. The van der Waals surface area contributed by atoms with Crippen LogP contribution >= 0.6 is 15.9 Å². The van der Waals surface area contributed by atoms with Crippen LogP contribution in [0, 0.1) is 0 Å². The third-order valence-electron chi connectivity index (χ3n) is 1.38. The molecule has 0 bridgehead atoms. The fraction of sp³-hybridized carbons (Fsp3) is 0.286. The summed E-state index contributed by atoms with van der Waals surface area (Å²) in [7, 11) is 0. The summed E-state index contributed by atoms with van der Waals surface area (Å²) >= 11 is 3.24. The maximum absolute atomic E-state index is 8.74. The molecule has 1 heterocycles. The van der Waals surface area contributed by atoms with E-state index in [1.807, 2.05) is 6.07 Å². The third kappa shape index (κ3) is 1.99. The molecule has 0 aliphatic rings. The highest BCUT2D eigenvalue weighted by atomic mass is 79.9. The van der Waals surface area contributed by atoms with Gasteiger partial charge in [-0.3, -0.25) is 0 Å². The van der Waals surface area contributed by atoms with E-state index in [4.69, 9.17) is 10.8 Å². The average molecular weight is 217 g/mol. The van der Waals surface area contributed by atoms with Crippen LogP contribution in [0.2, 0.25) is 0 Å². The van der Waals surface area contributed by atoms with Crippen molar-refractivity contribution in [3.63, 3.8) is 0 Å². The molecule has 0 spiro atoms. The van der Waals surface area contributed by atoms with Crippen LogP contribution in [-0.4, -0.2) is 16.7 Å². The van der Waals surface area contributed by atoms with E-state index >= 15 is 0 Å². The number of nitrogens with zero attached hydrogens (tertiary/aromatic N) is 1. The summed E-state index contributed by atoms with van der Waals surface area (Å²) in [5.41, 5.74) is 6.40. The van der Waals surface area contributed by atoms with Gasteiger partial charge >= 0.3 is 0 Å². The summed E-state index contributed by atoms with van der Waals surface area (Å²) in [6, 6.07) is 3.27. The summed E-state index contributed by atoms with van der Waals surface area (Å²) in [4.78, 5) is 3.97. The van der Waals surface area contributed by atoms with Crippen LogP contribution in [0.15, 0.2) is 22.9 Å². The molecule has 1 atom stereocenters. The van der Waals surface area contributed by atoms with Crippen molar-refractivity contribution in [2.45, 2.75) is 6.04 Å². The predicted molar refractivity (Wildman–Crippen MR) is 46.0 cm³/mol. The SMILES string of the molecule is N[C@@H](CO)c1cccnc1Br. The van der Waals surface area contributed by atoms with Crippen molar-refractivity contribution in [3.05, 3.63) is 28.5 Å². The molecule has 60 valence electrons. The Hall–Kier alpha value is -0.450. The molecule has 1 aromatic heterocycles. The Kier molecular flexibility index (Phi) is 2.99. The number of aromatic nitrogens is 1. The van der Waals surface area contributed by atoms with Gasteiger partial charge < -0.3 is 10.8 Å². The Morgan fingerprint density at radius 2 is 2.45 bits per heavy atom. The number of aliphatic hydroxyl groups excluding tert-OH is 1. The molecule has 1 aromatic rings. The molecule has 0 saturated carbocycles. The summed E-state index contributed by atoms with van der Waals surface area (Å²) in [6.07, 6.45) is 1.66. The second-order valence-corrected chi connectivity index (χ2v) is 2.92. The highest BCUT2D eigenvalue weighted by Crippen LogP contribution is 2.18. The van der Waals surface area contributed by atoms with Crippen molar-refractivity contribution in [2.24, 2.45) is 5.73 Å². The number of nitrogens with two attached hydrogens (primary N) is 1. The molecule has 4 heteroatoms. The first-order chi connectivity index (χ1) is 5.25. The van der Waals surface area contributed by atoms with Gasteiger partial charge in [-0.15, -0.1) is 0 Å². The molecule has 0 aliphatic carbocycles. The van der Waals surface area contributed by atoms with Crippen molar-refractivity contribution in [1.29, 1.82) is 0 Å². The lowest BCUT2D eigenvalue weighted by molar-refractivity contribution is 0.267. The predicted octanol–water partition coefficient (Wildman–Crippen LogP) is 0.836. The van der Waals surface area contributed by atoms with Gasteiger partial charge in [-0.1, -0.05) is 6.07 Å². The molecule has 0 aliphatic heterocycles. The zero-order valence-corrected chi connectivity index (χ0v) is 7.45. The van der Waals surface area contributed by atoms with Gasteiger partial charge in [0, 0.05) is 11.8 Å². The summed E-state index contributed by atoms with van der Waals surface area (Å²) < 4.78 is 0.696. The number of halogens is 1. The van der Waals surface area contributed by atoms with Gasteiger partial charge in [0.15, 0.2) is 0 Å². The number of pyridine rings is 1. The van der Waals surface area contributed by atoms with Crippen molar-refractivity contribution in [3.8, 4) is 0 Å². The van der Waals surface area contributed by atoms with Crippen molar-refractivity contribution >= 4 is 15.9 Å². The standard InChI is InChI=1S/C7H9BrN2O/c8-7-5(6(9)4-11)2-1-3-10-7/h1-3,6,11H,4,9H2/t6-/m0/s1. The lowest BCUT2D eigenvalue weighted by Crippen LogP contribution is -2.15. The molecule has 0 fully saturated rings. The Morgan fingerprint density at radius 1 is 1.73 bits per heavy atom. The number of hydrogen-bond acceptors (Lipinski definition) is 3. The van der Waals surface area contributed by atoms with Gasteiger partial charge in [0.05, 0.1) is 12.6 Å². The maximum Gasteiger partial charge on any atom is 0.110 e. The second kappa shape index (κ2) is 3.80. The smallest absolute Gasteiger partial charge is 0.110 e. The molecular weight excluding hydrogens is 208 g/mol. The van der Waals surface area contributed by atoms with E-state index in [9.17, 15) is 0 Å². The number of rotatable bonds is 2. The number of aliphatic hydroxyl groups is 1. The molecule has 3 N–H and O–H groups in total. The van der Waals surface area contributed by atoms with Crippen LogP contribution in [0.4, 0.5) is 0 Å². The minimum absolute atomic E-state index is 0.0652. The van der Waals surface area contributed by atoms with E-state index in [0.29, 0.717) is 4.60 Å². The van der Waals surface area contributed by atoms with Gasteiger partial charge in [0.1, 0.15) is 4.60 Å². The number of hydrogen-bond donors (Lipinski definition) is 2. The van der Waals surface area contributed by atoms with Gasteiger partial charge in [-0.2, -0.15) is 0 Å². The Bertz CT molecular complexity index is 242. The van der Waals surface area contributed by atoms with Gasteiger partial charge in [-0.25, -0.2) is 4.98 Å². The van der Waals surface area contributed by atoms with E-state index in [-0.39, 0.29) is 12.6 Å². The second-order valence-electron chi connectivity index (χ2n) is 2.17. The first-order valence-electron chi connectivity index (χ1n) is 3.22. The Morgan fingerprint density at radius 3 is 3.00 bits per heavy atom. The third-order valence-corrected chi connectivity index (χ3v) is 2.05. The largest absolute Gasteiger partial charge is 0.394 e. The molecular formula is C7H9BrN2O. The van der Waals surface area contributed by atoms with E-state index in [2.05, 4.69) is 20.9 Å². The molecule has 3 nitrogen and oxygen atoms in total.